The van der Waals surface area contributed by atoms with E-state index in [4.69, 9.17) is 0 Å². The van der Waals surface area contributed by atoms with E-state index in [0.29, 0.717) is 18.0 Å². The Kier molecular flexibility index (Phi) is 5.49. The molecule has 0 bridgehead atoms. The van der Waals surface area contributed by atoms with Crippen molar-refractivity contribution in [2.45, 2.75) is 76.9 Å². The smallest absolute Gasteiger partial charge is 0.0628 e. The Hall–Kier alpha value is -0.120. The zero-order chi connectivity index (χ0) is 14.8. The van der Waals surface area contributed by atoms with Crippen LogP contribution in [0, 0.1) is 11.8 Å². The Morgan fingerprint density at radius 1 is 1.20 bits per heavy atom. The molecule has 0 spiro atoms. The molecule has 2 N–H and O–H groups in total. The monoisotopic (exact) mass is 282 g/mol. The van der Waals surface area contributed by atoms with E-state index in [1.807, 2.05) is 0 Å². The lowest BCUT2D eigenvalue weighted by atomic mass is 9.83. The topological polar surface area (TPSA) is 35.5 Å². The lowest BCUT2D eigenvalue weighted by Crippen LogP contribution is -2.61. The maximum absolute atomic E-state index is 10.1. The van der Waals surface area contributed by atoms with Crippen molar-refractivity contribution in [3.8, 4) is 0 Å². The molecule has 2 aliphatic carbocycles. The van der Waals surface area contributed by atoms with E-state index in [1.165, 1.54) is 38.5 Å². The summed E-state index contributed by atoms with van der Waals surface area (Å²) < 4.78 is 0. The van der Waals surface area contributed by atoms with E-state index in [0.717, 1.165) is 12.5 Å². The van der Waals surface area contributed by atoms with Crippen molar-refractivity contribution in [1.82, 2.24) is 10.2 Å². The average Bonchev–Trinajstić information content (AvgIpc) is 3.22. The van der Waals surface area contributed by atoms with Crippen LogP contribution in [0.5, 0.6) is 0 Å². The van der Waals surface area contributed by atoms with Crippen molar-refractivity contribution in [1.29, 1.82) is 0 Å². The third-order valence-corrected chi connectivity index (χ3v) is 5.38. The fourth-order valence-corrected chi connectivity index (χ4v) is 4.24. The van der Waals surface area contributed by atoms with Crippen LogP contribution in [-0.4, -0.2) is 47.8 Å². The first-order valence-corrected chi connectivity index (χ1v) is 8.57. The van der Waals surface area contributed by atoms with Gasteiger partial charge in [-0.15, -0.1) is 0 Å². The summed E-state index contributed by atoms with van der Waals surface area (Å²) in [6.45, 7) is 8.03. The van der Waals surface area contributed by atoms with Crippen LogP contribution in [0.25, 0.3) is 0 Å². The highest BCUT2D eigenvalue weighted by Crippen LogP contribution is 2.41. The largest absolute Gasteiger partial charge is 0.394 e. The van der Waals surface area contributed by atoms with Gasteiger partial charge in [-0.05, 0) is 44.6 Å². The van der Waals surface area contributed by atoms with Crippen LogP contribution in [0.4, 0.5) is 0 Å². The number of rotatable bonds is 7. The van der Waals surface area contributed by atoms with E-state index < -0.39 is 0 Å². The van der Waals surface area contributed by atoms with Crippen LogP contribution >= 0.6 is 0 Å². The summed E-state index contributed by atoms with van der Waals surface area (Å²) in [7, 11) is 2.27. The number of nitrogens with one attached hydrogen (secondary N) is 1. The van der Waals surface area contributed by atoms with Crippen molar-refractivity contribution < 1.29 is 5.11 Å². The molecule has 0 heterocycles. The minimum Gasteiger partial charge on any atom is -0.394 e. The molecule has 0 radical (unpaired) electrons. The third-order valence-electron chi connectivity index (χ3n) is 5.38. The summed E-state index contributed by atoms with van der Waals surface area (Å²) >= 11 is 0. The fraction of sp³-hybridized carbons (Fsp3) is 1.00. The summed E-state index contributed by atoms with van der Waals surface area (Å²) in [4.78, 5) is 2.54. The van der Waals surface area contributed by atoms with Gasteiger partial charge in [0, 0.05) is 18.6 Å². The molecule has 3 atom stereocenters. The van der Waals surface area contributed by atoms with Crippen LogP contribution in [0.15, 0.2) is 0 Å². The first-order valence-electron chi connectivity index (χ1n) is 8.57. The van der Waals surface area contributed by atoms with Gasteiger partial charge in [0.2, 0.25) is 0 Å². The molecule has 0 aromatic rings. The first-order chi connectivity index (χ1) is 9.48. The van der Waals surface area contributed by atoms with Gasteiger partial charge in [0.15, 0.2) is 0 Å². The van der Waals surface area contributed by atoms with Crippen molar-refractivity contribution in [3.63, 3.8) is 0 Å². The second kappa shape index (κ2) is 6.76. The Morgan fingerprint density at radius 3 is 2.35 bits per heavy atom. The normalized spacial score (nSPS) is 30.8. The van der Waals surface area contributed by atoms with E-state index >= 15 is 0 Å². The Bertz CT molecular complexity index is 303. The van der Waals surface area contributed by atoms with Crippen molar-refractivity contribution in [2.75, 3.05) is 20.2 Å². The zero-order valence-corrected chi connectivity index (χ0v) is 13.9. The van der Waals surface area contributed by atoms with Gasteiger partial charge in [-0.2, -0.15) is 0 Å². The van der Waals surface area contributed by atoms with E-state index in [1.54, 1.807) is 0 Å². The SMILES string of the molecule is CC(C)NC(CO)(CN(C)C1CCCCC1C)C1CC1. The van der Waals surface area contributed by atoms with Gasteiger partial charge in [-0.25, -0.2) is 0 Å². The third kappa shape index (κ3) is 3.75. The molecule has 0 saturated heterocycles. The Labute approximate surface area is 125 Å². The molecule has 0 amide bonds. The van der Waals surface area contributed by atoms with E-state index in [-0.39, 0.29) is 12.1 Å². The van der Waals surface area contributed by atoms with Crippen LogP contribution < -0.4 is 5.32 Å². The van der Waals surface area contributed by atoms with Crippen LogP contribution in [0.3, 0.4) is 0 Å². The number of likely N-dealkylation sites (N-methyl/N-ethyl adjacent to an activating group) is 1. The van der Waals surface area contributed by atoms with Gasteiger partial charge in [0.1, 0.15) is 0 Å². The maximum Gasteiger partial charge on any atom is 0.0628 e. The summed E-state index contributed by atoms with van der Waals surface area (Å²) in [6.07, 6.45) is 7.99. The molecule has 2 fully saturated rings. The molecular weight excluding hydrogens is 248 g/mol. The van der Waals surface area contributed by atoms with Gasteiger partial charge in [0.25, 0.3) is 0 Å². The molecule has 0 aromatic carbocycles. The minimum atomic E-state index is -0.0833. The standard InChI is InChI=1S/C17H34N2O/c1-13(2)18-17(12-20,15-9-10-15)11-19(4)16-8-6-5-7-14(16)3/h13-16,18,20H,5-12H2,1-4H3. The molecule has 118 valence electrons. The minimum absolute atomic E-state index is 0.0833. The quantitative estimate of drug-likeness (QED) is 0.753. The number of hydrogen-bond acceptors (Lipinski definition) is 3. The highest BCUT2D eigenvalue weighted by Gasteiger charge is 2.46. The fourth-order valence-electron chi connectivity index (χ4n) is 4.24. The summed E-state index contributed by atoms with van der Waals surface area (Å²) in [5.41, 5.74) is -0.0833. The molecule has 3 heteroatoms. The van der Waals surface area contributed by atoms with Crippen molar-refractivity contribution in [2.24, 2.45) is 11.8 Å². The maximum atomic E-state index is 10.1. The second-order valence-electron chi connectivity index (χ2n) is 7.63. The summed E-state index contributed by atoms with van der Waals surface area (Å²) in [5, 5.41) is 13.8. The Morgan fingerprint density at radius 2 is 1.85 bits per heavy atom. The highest BCUT2D eigenvalue weighted by molar-refractivity contribution is 5.04. The molecule has 2 aliphatic rings. The van der Waals surface area contributed by atoms with Gasteiger partial charge in [-0.3, -0.25) is 0 Å². The first kappa shape index (κ1) is 16.3. The van der Waals surface area contributed by atoms with Gasteiger partial charge >= 0.3 is 0 Å². The van der Waals surface area contributed by atoms with E-state index in [9.17, 15) is 5.11 Å². The predicted octanol–water partition coefficient (Wildman–Crippen LogP) is 2.64. The number of hydrogen-bond donors (Lipinski definition) is 2. The molecule has 0 aliphatic heterocycles. The Balaban J connectivity index is 2.02. The molecule has 3 unspecified atom stereocenters. The molecule has 20 heavy (non-hydrogen) atoms. The molecule has 2 rings (SSSR count). The lowest BCUT2D eigenvalue weighted by molar-refractivity contribution is 0.0533. The molecular formula is C17H34N2O. The average molecular weight is 282 g/mol. The molecule has 2 saturated carbocycles. The molecule has 3 nitrogen and oxygen atoms in total. The van der Waals surface area contributed by atoms with Gasteiger partial charge in [-0.1, -0.05) is 33.6 Å². The van der Waals surface area contributed by atoms with Gasteiger partial charge < -0.3 is 15.3 Å². The van der Waals surface area contributed by atoms with Crippen LogP contribution in [-0.2, 0) is 0 Å². The number of aliphatic hydroxyl groups is 1. The van der Waals surface area contributed by atoms with Crippen molar-refractivity contribution in [3.05, 3.63) is 0 Å². The van der Waals surface area contributed by atoms with Crippen LogP contribution in [0.1, 0.15) is 59.3 Å². The summed E-state index contributed by atoms with van der Waals surface area (Å²) in [5.74, 6) is 1.46. The number of nitrogens with zero attached hydrogens (tertiary/aromatic N) is 1. The van der Waals surface area contributed by atoms with Crippen LogP contribution in [0.2, 0.25) is 0 Å². The van der Waals surface area contributed by atoms with Crippen molar-refractivity contribution >= 4 is 0 Å². The van der Waals surface area contributed by atoms with Gasteiger partial charge in [0.05, 0.1) is 12.1 Å². The highest BCUT2D eigenvalue weighted by atomic mass is 16.3. The second-order valence-corrected chi connectivity index (χ2v) is 7.63. The lowest BCUT2D eigenvalue weighted by Gasteiger charge is -2.44. The number of aliphatic hydroxyl groups excluding tert-OH is 1. The zero-order valence-electron chi connectivity index (χ0n) is 13.9. The summed E-state index contributed by atoms with van der Waals surface area (Å²) in [6, 6.07) is 1.13. The predicted molar refractivity (Wildman–Crippen MR) is 84.9 cm³/mol. The molecule has 0 aromatic heterocycles. The van der Waals surface area contributed by atoms with E-state index in [2.05, 4.69) is 38.0 Å².